The molecule has 0 bridgehead atoms. The van der Waals surface area contributed by atoms with Gasteiger partial charge >= 0.3 is 6.09 Å². The van der Waals surface area contributed by atoms with Crippen LogP contribution in [0.1, 0.15) is 46.5 Å². The van der Waals surface area contributed by atoms with E-state index in [2.05, 4.69) is 5.32 Å². The summed E-state index contributed by atoms with van der Waals surface area (Å²) in [6, 6.07) is 0. The first-order valence-corrected chi connectivity index (χ1v) is 7.05. The van der Waals surface area contributed by atoms with Crippen LogP contribution in [-0.4, -0.2) is 46.9 Å². The van der Waals surface area contributed by atoms with E-state index in [0.717, 1.165) is 0 Å². The molecular weight excluding hydrogens is 260 g/mol. The van der Waals surface area contributed by atoms with E-state index in [0.29, 0.717) is 38.8 Å². The molecule has 2 fully saturated rings. The van der Waals surface area contributed by atoms with Gasteiger partial charge in [0.15, 0.2) is 0 Å². The van der Waals surface area contributed by atoms with Gasteiger partial charge in [-0.1, -0.05) is 0 Å². The molecule has 0 unspecified atom stereocenters. The maximum Gasteiger partial charge on any atom is 0.411 e. The van der Waals surface area contributed by atoms with E-state index in [9.17, 15) is 14.4 Å². The fourth-order valence-electron chi connectivity index (χ4n) is 2.80. The predicted octanol–water partition coefficient (Wildman–Crippen LogP) is 1.24. The van der Waals surface area contributed by atoms with Crippen molar-refractivity contribution < 1.29 is 19.1 Å². The topological polar surface area (TPSA) is 75.7 Å². The minimum Gasteiger partial charge on any atom is -0.444 e. The fraction of sp³-hybridized carbons (Fsp3) is 0.786. The summed E-state index contributed by atoms with van der Waals surface area (Å²) in [7, 11) is 0. The lowest BCUT2D eigenvalue weighted by Gasteiger charge is -2.47. The third-order valence-electron chi connectivity index (χ3n) is 3.81. The van der Waals surface area contributed by atoms with Gasteiger partial charge in [-0.25, -0.2) is 4.79 Å². The lowest BCUT2D eigenvalue weighted by atomic mass is 9.78. The molecule has 112 valence electrons. The number of ether oxygens (including phenoxy) is 1. The van der Waals surface area contributed by atoms with Gasteiger partial charge in [-0.2, -0.15) is 0 Å². The molecule has 0 aromatic rings. The molecule has 6 heteroatoms. The zero-order chi connectivity index (χ0) is 15.0. The normalized spacial score (nSPS) is 22.6. The standard InChI is InChI=1S/C14H22N2O4/c1-13(2,3)20-12(19)16-9-8-15-11(18)14(16)6-4-10(17)5-7-14/h4-9H2,1-3H3,(H,15,18). The third kappa shape index (κ3) is 2.78. The van der Waals surface area contributed by atoms with Gasteiger partial charge in [0.05, 0.1) is 0 Å². The highest BCUT2D eigenvalue weighted by molar-refractivity contribution is 5.93. The van der Waals surface area contributed by atoms with Gasteiger partial charge in [-0.15, -0.1) is 0 Å². The number of hydrogen-bond donors (Lipinski definition) is 1. The van der Waals surface area contributed by atoms with Crippen LogP contribution in [0, 0.1) is 0 Å². The Labute approximate surface area is 118 Å². The highest BCUT2D eigenvalue weighted by atomic mass is 16.6. The second-order valence-corrected chi connectivity index (χ2v) is 6.46. The minimum atomic E-state index is -0.908. The first-order chi connectivity index (χ1) is 9.24. The summed E-state index contributed by atoms with van der Waals surface area (Å²) in [5.41, 5.74) is -1.51. The molecule has 0 aromatic carbocycles. The smallest absolute Gasteiger partial charge is 0.411 e. The molecule has 2 amide bonds. The quantitative estimate of drug-likeness (QED) is 0.725. The number of piperazine rings is 1. The summed E-state index contributed by atoms with van der Waals surface area (Å²) in [4.78, 5) is 37.6. The zero-order valence-corrected chi connectivity index (χ0v) is 12.3. The van der Waals surface area contributed by atoms with Crippen molar-refractivity contribution in [1.82, 2.24) is 10.2 Å². The number of carbonyl (C=O) groups is 3. The molecule has 1 aliphatic heterocycles. The van der Waals surface area contributed by atoms with Crippen molar-refractivity contribution in [1.29, 1.82) is 0 Å². The van der Waals surface area contributed by atoms with Crippen LogP contribution in [-0.2, 0) is 14.3 Å². The second-order valence-electron chi connectivity index (χ2n) is 6.46. The van der Waals surface area contributed by atoms with Crippen molar-refractivity contribution in [2.45, 2.75) is 57.6 Å². The Hall–Kier alpha value is -1.59. The Morgan fingerprint density at radius 1 is 1.25 bits per heavy atom. The van der Waals surface area contributed by atoms with E-state index in [1.54, 1.807) is 20.8 Å². The van der Waals surface area contributed by atoms with Crippen LogP contribution in [0.3, 0.4) is 0 Å². The van der Waals surface area contributed by atoms with Crippen molar-refractivity contribution in [2.75, 3.05) is 13.1 Å². The van der Waals surface area contributed by atoms with E-state index in [-0.39, 0.29) is 11.7 Å². The molecule has 2 aliphatic rings. The molecular formula is C14H22N2O4. The summed E-state index contributed by atoms with van der Waals surface area (Å²) in [6.45, 7) is 6.24. The molecule has 1 aliphatic carbocycles. The number of Topliss-reactive ketones (excluding diaryl/α,β-unsaturated/α-hetero) is 1. The Balaban J connectivity index is 2.22. The van der Waals surface area contributed by atoms with Crippen LogP contribution >= 0.6 is 0 Å². The van der Waals surface area contributed by atoms with Crippen molar-refractivity contribution in [3.8, 4) is 0 Å². The minimum absolute atomic E-state index is 0.151. The maximum atomic E-state index is 12.4. The van der Waals surface area contributed by atoms with Gasteiger partial charge in [-0.3, -0.25) is 14.5 Å². The average molecular weight is 282 g/mol. The van der Waals surface area contributed by atoms with Crippen molar-refractivity contribution in [2.24, 2.45) is 0 Å². The Kier molecular flexibility index (Phi) is 3.75. The van der Waals surface area contributed by atoms with Gasteiger partial charge in [0.2, 0.25) is 5.91 Å². The lowest BCUT2D eigenvalue weighted by Crippen LogP contribution is -2.67. The summed E-state index contributed by atoms with van der Waals surface area (Å²) in [5, 5.41) is 2.81. The van der Waals surface area contributed by atoms with Gasteiger partial charge in [0.1, 0.15) is 16.9 Å². The highest BCUT2D eigenvalue weighted by Crippen LogP contribution is 2.35. The number of amides is 2. The van der Waals surface area contributed by atoms with Gasteiger partial charge in [-0.05, 0) is 33.6 Å². The first kappa shape index (κ1) is 14.8. The Bertz CT molecular complexity index is 429. The molecule has 20 heavy (non-hydrogen) atoms. The molecule has 1 spiro atoms. The number of rotatable bonds is 0. The summed E-state index contributed by atoms with van der Waals surface area (Å²) in [5.74, 6) is -0.0137. The second kappa shape index (κ2) is 5.07. The van der Waals surface area contributed by atoms with Crippen molar-refractivity contribution >= 4 is 17.8 Å². The van der Waals surface area contributed by atoms with Crippen molar-refractivity contribution in [3.05, 3.63) is 0 Å². The third-order valence-corrected chi connectivity index (χ3v) is 3.81. The van der Waals surface area contributed by atoms with E-state index in [4.69, 9.17) is 4.74 Å². The summed E-state index contributed by atoms with van der Waals surface area (Å²) >= 11 is 0. The van der Waals surface area contributed by atoms with Gasteiger partial charge in [0, 0.05) is 25.9 Å². The number of nitrogens with one attached hydrogen (secondary N) is 1. The average Bonchev–Trinajstić information content (AvgIpc) is 2.33. The van der Waals surface area contributed by atoms with Crippen LogP contribution in [0.15, 0.2) is 0 Å². The number of hydrogen-bond acceptors (Lipinski definition) is 4. The Morgan fingerprint density at radius 3 is 2.40 bits per heavy atom. The molecule has 1 saturated heterocycles. The van der Waals surface area contributed by atoms with Crippen LogP contribution in [0.5, 0.6) is 0 Å². The predicted molar refractivity (Wildman–Crippen MR) is 72.2 cm³/mol. The molecule has 0 aromatic heterocycles. The monoisotopic (exact) mass is 282 g/mol. The lowest BCUT2D eigenvalue weighted by molar-refractivity contribution is -0.142. The number of ketones is 1. The molecule has 6 nitrogen and oxygen atoms in total. The molecule has 1 saturated carbocycles. The maximum absolute atomic E-state index is 12.4. The molecule has 0 atom stereocenters. The summed E-state index contributed by atoms with van der Waals surface area (Å²) in [6.07, 6.45) is 0.981. The van der Waals surface area contributed by atoms with Crippen LogP contribution in [0.25, 0.3) is 0 Å². The van der Waals surface area contributed by atoms with Gasteiger partial charge < -0.3 is 10.1 Å². The highest BCUT2D eigenvalue weighted by Gasteiger charge is 2.51. The van der Waals surface area contributed by atoms with Crippen LogP contribution in [0.2, 0.25) is 0 Å². The van der Waals surface area contributed by atoms with Crippen molar-refractivity contribution in [3.63, 3.8) is 0 Å². The van der Waals surface area contributed by atoms with Crippen LogP contribution in [0.4, 0.5) is 4.79 Å². The van der Waals surface area contributed by atoms with Crippen LogP contribution < -0.4 is 5.32 Å². The fourth-order valence-corrected chi connectivity index (χ4v) is 2.80. The molecule has 1 N–H and O–H groups in total. The van der Waals surface area contributed by atoms with Gasteiger partial charge in [0.25, 0.3) is 0 Å². The Morgan fingerprint density at radius 2 is 1.85 bits per heavy atom. The zero-order valence-electron chi connectivity index (χ0n) is 12.3. The van der Waals surface area contributed by atoms with E-state index in [1.807, 2.05) is 0 Å². The van der Waals surface area contributed by atoms with E-state index >= 15 is 0 Å². The SMILES string of the molecule is CC(C)(C)OC(=O)N1CCNC(=O)C12CCC(=O)CC2. The number of carbonyl (C=O) groups excluding carboxylic acids is 3. The number of nitrogens with zero attached hydrogens (tertiary/aromatic N) is 1. The molecule has 0 radical (unpaired) electrons. The first-order valence-electron chi connectivity index (χ1n) is 7.05. The molecule has 2 rings (SSSR count). The molecule has 1 heterocycles. The largest absolute Gasteiger partial charge is 0.444 e. The summed E-state index contributed by atoms with van der Waals surface area (Å²) < 4.78 is 5.40. The van der Waals surface area contributed by atoms with E-state index in [1.165, 1.54) is 4.90 Å². The van der Waals surface area contributed by atoms with E-state index < -0.39 is 17.2 Å².